The highest BCUT2D eigenvalue weighted by molar-refractivity contribution is 5.68. The van der Waals surface area contributed by atoms with Gasteiger partial charge in [0.05, 0.1) is 0 Å². The van der Waals surface area contributed by atoms with Crippen molar-refractivity contribution in [1.82, 2.24) is 19.6 Å². The van der Waals surface area contributed by atoms with Gasteiger partial charge in [-0.25, -0.2) is 9.59 Å². The lowest BCUT2D eigenvalue weighted by molar-refractivity contribution is 0.0507. The molecule has 107 heavy (non-hydrogen) atoms. The first-order valence-electron chi connectivity index (χ1n) is 46.6. The Bertz CT molecular complexity index is 2070. The molecule has 0 bridgehead atoms. The molecule has 0 rings (SSSR count). The molecule has 0 aromatic heterocycles. The smallest absolute Gasteiger partial charge is 0.410 e. The van der Waals surface area contributed by atoms with Crippen LogP contribution in [0.15, 0.2) is 109 Å². The first-order valence-corrected chi connectivity index (χ1v) is 46.6. The van der Waals surface area contributed by atoms with E-state index in [4.69, 9.17) is 9.47 Å². The van der Waals surface area contributed by atoms with Crippen LogP contribution in [-0.2, 0) is 9.47 Å². The topological polar surface area (TPSA) is 65.6 Å². The van der Waals surface area contributed by atoms with Crippen molar-refractivity contribution in [2.45, 2.75) is 445 Å². The van der Waals surface area contributed by atoms with E-state index in [1.54, 1.807) is 0 Å². The van der Waals surface area contributed by atoms with E-state index in [0.717, 1.165) is 148 Å². The van der Waals surface area contributed by atoms with E-state index in [0.29, 0.717) is 0 Å². The second kappa shape index (κ2) is 91.0. The summed E-state index contributed by atoms with van der Waals surface area (Å²) in [5.74, 6) is 0. The minimum Gasteiger partial charge on any atom is -0.446 e. The van der Waals surface area contributed by atoms with Crippen molar-refractivity contribution < 1.29 is 19.1 Å². The number of unbranched alkanes of at least 4 members (excludes halogenated alkanes) is 40. The molecular formula is C99H184N4O4. The average molecular weight is 1490 g/mol. The molecule has 0 aliphatic rings. The Kier molecular flexibility index (Phi) is 89.4. The van der Waals surface area contributed by atoms with Gasteiger partial charge < -0.3 is 29.1 Å². The molecule has 0 heterocycles. The fraction of sp³-hybridized carbons (Fsp3) is 0.798. The number of amides is 2. The normalized spacial score (nSPS) is 12.9. The number of carbonyl (C=O) groups excluding carboxylic acids is 2. The Morgan fingerprint density at radius 2 is 0.430 bits per heavy atom. The number of hydrogen-bond acceptors (Lipinski definition) is 6. The molecule has 2 amide bonds. The molecule has 0 spiro atoms. The van der Waals surface area contributed by atoms with Crippen LogP contribution in [0.4, 0.5) is 9.59 Å². The van der Waals surface area contributed by atoms with Gasteiger partial charge in [0, 0.05) is 26.2 Å². The minimum absolute atomic E-state index is 0.0461. The zero-order valence-corrected chi connectivity index (χ0v) is 73.3. The van der Waals surface area contributed by atoms with Crippen molar-refractivity contribution >= 4 is 12.2 Å². The summed E-state index contributed by atoms with van der Waals surface area (Å²) in [4.78, 5) is 35.5. The molecule has 0 aliphatic heterocycles. The third-order valence-electron chi connectivity index (χ3n) is 20.5. The summed E-state index contributed by atoms with van der Waals surface area (Å²) in [6.07, 6.45) is 116. The number of allylic oxidation sites excluding steroid dienone is 18. The van der Waals surface area contributed by atoms with Gasteiger partial charge in [0.2, 0.25) is 0 Å². The predicted octanol–water partition coefficient (Wildman–Crippen LogP) is 31.6. The molecule has 624 valence electrons. The standard InChI is InChI=1S/C50H92N2O2.C49H92N2O2/c1-6-9-12-15-17-19-21-23-25-26-28-30-32-34-36-38-41-45-49(44-40-37-35-33-31-29-27-24-22-20-18-16-13-10-7-2)54-50(53)52(48-43-46-51(4)5)47-42-39-14-11-8-3;1-6-9-12-15-17-19-21-23-25-26-28-30-32-34-36-38-40-44-48(53-49(52)51(46-41-14-11-8-3)47-42-45-50(4)5)43-39-37-35-33-31-29-27-24-22-20-18-16-13-10-7-2/h11,14,17-20,23-25,27,49H,6-10,12-13,15-16,21-22,26,28-48H2,1-5H3;17-20,23-25,27,48H,6-16,21-22,26,28-47H2,1-5H3/b14-11-,19-17-,20-18-,25-23-,27-24-;19-17-,20-18-,25-23-,27-24-. The quantitative estimate of drug-likeness (QED) is 0.0447. The van der Waals surface area contributed by atoms with Gasteiger partial charge in [0.15, 0.2) is 0 Å². The van der Waals surface area contributed by atoms with Crippen molar-refractivity contribution in [2.75, 3.05) is 67.5 Å². The molecule has 8 heteroatoms. The van der Waals surface area contributed by atoms with Gasteiger partial charge in [-0.15, -0.1) is 0 Å². The first kappa shape index (κ1) is 105. The van der Waals surface area contributed by atoms with Crippen molar-refractivity contribution in [2.24, 2.45) is 0 Å². The number of nitrogens with zero attached hydrogens (tertiary/aromatic N) is 4. The SMILES string of the molecule is CC/C=C\CCCN(CCCN(C)C)C(=O)OC(CCCCCCC/C=C\C/C=C\CCCCC)CCCCCCCCC/C=C\C/C=C\CCCCC.CCCCC/C=C\C/C=C\CCCCCCCCCC(CCCCCCC/C=C\C/C=C\CCCCC)OC(=O)N(CCCCCC)CCCN(C)C. The van der Waals surface area contributed by atoms with Crippen LogP contribution in [0.2, 0.25) is 0 Å². The highest BCUT2D eigenvalue weighted by atomic mass is 16.6. The van der Waals surface area contributed by atoms with Crippen LogP contribution in [0.3, 0.4) is 0 Å². The van der Waals surface area contributed by atoms with Crippen LogP contribution >= 0.6 is 0 Å². The molecular weight excluding hydrogens is 1310 g/mol. The lowest BCUT2D eigenvalue weighted by Crippen LogP contribution is -2.37. The summed E-state index contributed by atoms with van der Waals surface area (Å²) in [5.41, 5.74) is 0. The number of rotatable bonds is 80. The van der Waals surface area contributed by atoms with Crippen LogP contribution in [-0.4, -0.2) is 111 Å². The largest absolute Gasteiger partial charge is 0.446 e. The second-order valence-corrected chi connectivity index (χ2v) is 31.9. The highest BCUT2D eigenvalue weighted by Gasteiger charge is 2.22. The van der Waals surface area contributed by atoms with Gasteiger partial charge in [0.1, 0.15) is 12.2 Å². The highest BCUT2D eigenvalue weighted by Crippen LogP contribution is 2.22. The van der Waals surface area contributed by atoms with Gasteiger partial charge in [-0.2, -0.15) is 0 Å². The molecule has 2 unspecified atom stereocenters. The number of ether oxygens (including phenoxy) is 2. The summed E-state index contributed by atoms with van der Waals surface area (Å²) in [7, 11) is 8.43. The van der Waals surface area contributed by atoms with Gasteiger partial charge in [-0.3, -0.25) is 0 Å². The van der Waals surface area contributed by atoms with Gasteiger partial charge in [-0.1, -0.05) is 324 Å². The maximum absolute atomic E-state index is 13.5. The van der Waals surface area contributed by atoms with E-state index in [9.17, 15) is 9.59 Å². The third-order valence-corrected chi connectivity index (χ3v) is 20.5. The fourth-order valence-corrected chi connectivity index (χ4v) is 13.6. The predicted molar refractivity (Wildman–Crippen MR) is 479 cm³/mol. The van der Waals surface area contributed by atoms with E-state index >= 15 is 0 Å². The monoisotopic (exact) mass is 1490 g/mol. The van der Waals surface area contributed by atoms with Crippen molar-refractivity contribution in [3.63, 3.8) is 0 Å². The van der Waals surface area contributed by atoms with E-state index in [1.807, 2.05) is 9.80 Å². The Morgan fingerprint density at radius 1 is 0.224 bits per heavy atom. The molecule has 0 radical (unpaired) electrons. The van der Waals surface area contributed by atoms with Gasteiger partial charge in [0.25, 0.3) is 0 Å². The maximum Gasteiger partial charge on any atom is 0.410 e. The summed E-state index contributed by atoms with van der Waals surface area (Å²) in [6, 6.07) is 0. The summed E-state index contributed by atoms with van der Waals surface area (Å²) >= 11 is 0. The van der Waals surface area contributed by atoms with Crippen molar-refractivity contribution in [3.8, 4) is 0 Å². The van der Waals surface area contributed by atoms with E-state index in [2.05, 4.69) is 189 Å². The number of hydrogen-bond donors (Lipinski definition) is 0. The maximum atomic E-state index is 13.5. The van der Waals surface area contributed by atoms with E-state index < -0.39 is 0 Å². The Morgan fingerprint density at radius 3 is 0.692 bits per heavy atom. The van der Waals surface area contributed by atoms with Crippen molar-refractivity contribution in [1.29, 1.82) is 0 Å². The Labute approximate surface area is 669 Å². The van der Waals surface area contributed by atoms with E-state index in [-0.39, 0.29) is 24.4 Å². The van der Waals surface area contributed by atoms with Gasteiger partial charge >= 0.3 is 12.2 Å². The van der Waals surface area contributed by atoms with Gasteiger partial charge in [-0.05, 0) is 260 Å². The second-order valence-electron chi connectivity index (χ2n) is 31.9. The molecule has 0 aromatic carbocycles. The Hall–Kier alpha value is -3.88. The van der Waals surface area contributed by atoms with Crippen molar-refractivity contribution in [3.05, 3.63) is 109 Å². The molecule has 0 aliphatic carbocycles. The summed E-state index contributed by atoms with van der Waals surface area (Å²) in [6.45, 7) is 18.6. The third kappa shape index (κ3) is 86.0. The van der Waals surface area contributed by atoms with Crippen LogP contribution in [0, 0.1) is 0 Å². The fourth-order valence-electron chi connectivity index (χ4n) is 13.6. The van der Waals surface area contributed by atoms with Crippen LogP contribution in [0.1, 0.15) is 433 Å². The zero-order valence-electron chi connectivity index (χ0n) is 73.3. The van der Waals surface area contributed by atoms with E-state index in [1.165, 1.54) is 283 Å². The lowest BCUT2D eigenvalue weighted by Gasteiger charge is -2.26. The molecule has 0 N–H and O–H groups in total. The first-order chi connectivity index (χ1) is 52.6. The molecule has 0 saturated heterocycles. The summed E-state index contributed by atoms with van der Waals surface area (Å²) in [5, 5.41) is 0. The van der Waals surface area contributed by atoms with Crippen LogP contribution in [0.25, 0.3) is 0 Å². The zero-order chi connectivity index (χ0) is 78.1. The minimum atomic E-state index is -0.0853. The molecule has 0 aromatic rings. The summed E-state index contributed by atoms with van der Waals surface area (Å²) < 4.78 is 12.6. The number of carbonyl (C=O) groups is 2. The Balaban J connectivity index is 0. The van der Waals surface area contributed by atoms with Crippen LogP contribution < -0.4 is 0 Å². The molecule has 0 saturated carbocycles. The molecule has 8 nitrogen and oxygen atoms in total. The van der Waals surface area contributed by atoms with Crippen LogP contribution in [0.5, 0.6) is 0 Å². The lowest BCUT2D eigenvalue weighted by atomic mass is 10.0. The molecule has 2 atom stereocenters. The molecule has 0 fully saturated rings. The average Bonchev–Trinajstić information content (AvgIpc) is 0.921.